The lowest BCUT2D eigenvalue weighted by molar-refractivity contribution is 0.616. The van der Waals surface area contributed by atoms with Crippen LogP contribution in [0, 0.1) is 0 Å². The first kappa shape index (κ1) is 44.2. The van der Waals surface area contributed by atoms with Gasteiger partial charge in [0.05, 0.1) is 0 Å². The smallest absolute Gasteiger partial charge is 0.0138 e. The maximum absolute atomic E-state index is 3.45. The predicted molar refractivity (Wildman–Crippen MR) is 149 cm³/mol. The summed E-state index contributed by atoms with van der Waals surface area (Å²) in [7, 11) is 0. The van der Waals surface area contributed by atoms with Crippen molar-refractivity contribution in [2.24, 2.45) is 0 Å². The second kappa shape index (κ2) is 43.4. The third-order valence-corrected chi connectivity index (χ3v) is 3.53. The molecule has 186 valence electrons. The maximum atomic E-state index is 3.45. The third kappa shape index (κ3) is 42.5. The average molecular weight is 534 g/mol. The van der Waals surface area contributed by atoms with Crippen molar-refractivity contribution in [3.8, 4) is 0 Å². The first-order valence-corrected chi connectivity index (χ1v) is 9.90. The Morgan fingerprint density at radius 2 is 0.667 bits per heavy atom. The van der Waals surface area contributed by atoms with Crippen LogP contribution in [0.2, 0.25) is 0 Å². The maximum Gasteiger partial charge on any atom is 0.0138 e. The van der Waals surface area contributed by atoms with Crippen LogP contribution in [0.5, 0.6) is 0 Å². The van der Waals surface area contributed by atoms with Gasteiger partial charge in [0, 0.05) is 39.3 Å². The summed E-state index contributed by atoms with van der Waals surface area (Å²) >= 11 is 0. The van der Waals surface area contributed by atoms with E-state index < -0.39 is 0 Å². The number of nitrogens with one attached hydrogen (secondary N) is 5. The second-order valence-electron chi connectivity index (χ2n) is 5.80. The molecule has 0 heterocycles. The standard InChI is InChI=1S/C20H41N5.5ClH/c1-3-21-13-5-7-15-23-17-9-11-19-25-20-12-10-18-24-16-8-6-14-22-4-2;;;;;/h5-9,11,21-25H,3-4,10,12-20H2,1-2H3;5*1H/b7-5-,8-6-,11-9-;;;;;. The van der Waals surface area contributed by atoms with Gasteiger partial charge in [-0.15, -0.1) is 62.0 Å². The van der Waals surface area contributed by atoms with Gasteiger partial charge in [-0.05, 0) is 39.0 Å². The van der Waals surface area contributed by atoms with Crippen LogP contribution < -0.4 is 26.6 Å². The summed E-state index contributed by atoms with van der Waals surface area (Å²) in [5.74, 6) is 0. The van der Waals surface area contributed by atoms with Crippen molar-refractivity contribution in [1.29, 1.82) is 0 Å². The fourth-order valence-corrected chi connectivity index (χ4v) is 2.08. The number of likely N-dealkylation sites (N-methyl/N-ethyl adjacent to an activating group) is 2. The Balaban J connectivity index is -0.000000288. The van der Waals surface area contributed by atoms with Crippen molar-refractivity contribution in [2.75, 3.05) is 65.4 Å². The van der Waals surface area contributed by atoms with E-state index in [-0.39, 0.29) is 62.0 Å². The molecule has 0 bridgehead atoms. The van der Waals surface area contributed by atoms with Gasteiger partial charge in [0.15, 0.2) is 0 Å². The zero-order chi connectivity index (χ0) is 18.3. The van der Waals surface area contributed by atoms with Gasteiger partial charge in [-0.3, -0.25) is 0 Å². The largest absolute Gasteiger partial charge is 0.314 e. The van der Waals surface area contributed by atoms with E-state index in [2.05, 4.69) is 76.9 Å². The highest BCUT2D eigenvalue weighted by Crippen LogP contribution is 1.84. The molecule has 5 N–H and O–H groups in total. The number of halogens is 5. The van der Waals surface area contributed by atoms with E-state index in [1.54, 1.807) is 0 Å². The molecule has 0 saturated heterocycles. The van der Waals surface area contributed by atoms with Crippen molar-refractivity contribution >= 4 is 62.0 Å². The van der Waals surface area contributed by atoms with Crippen LogP contribution in [0.25, 0.3) is 0 Å². The first-order chi connectivity index (χ1) is 12.4. The molecule has 0 unspecified atom stereocenters. The van der Waals surface area contributed by atoms with Gasteiger partial charge in [-0.2, -0.15) is 0 Å². The van der Waals surface area contributed by atoms with Gasteiger partial charge in [0.25, 0.3) is 0 Å². The minimum absolute atomic E-state index is 0. The van der Waals surface area contributed by atoms with E-state index in [0.29, 0.717) is 0 Å². The molecule has 0 aromatic heterocycles. The molecule has 0 radical (unpaired) electrons. The van der Waals surface area contributed by atoms with Crippen molar-refractivity contribution in [3.63, 3.8) is 0 Å². The normalized spacial score (nSPS) is 10.2. The summed E-state index contributed by atoms with van der Waals surface area (Å²) in [6.07, 6.45) is 15.5. The van der Waals surface area contributed by atoms with Crippen LogP contribution >= 0.6 is 62.0 Å². The van der Waals surface area contributed by atoms with Gasteiger partial charge in [0.2, 0.25) is 0 Å². The van der Waals surface area contributed by atoms with Crippen LogP contribution in [-0.2, 0) is 0 Å². The van der Waals surface area contributed by atoms with Crippen molar-refractivity contribution in [3.05, 3.63) is 36.5 Å². The van der Waals surface area contributed by atoms with Gasteiger partial charge in [-0.25, -0.2) is 0 Å². The number of hydrogen-bond acceptors (Lipinski definition) is 5. The predicted octanol–water partition coefficient (Wildman–Crippen LogP) is 3.53. The van der Waals surface area contributed by atoms with Crippen molar-refractivity contribution < 1.29 is 0 Å². The SMILES string of the molecule is CCNC/C=C\CNC/C=C\CNCCCCNC/C=C\CNCC.Cl.Cl.Cl.Cl.Cl. The highest BCUT2D eigenvalue weighted by molar-refractivity contribution is 5.86. The fraction of sp³-hybridized carbons (Fsp3) is 0.700. The molecular weight excluding hydrogens is 488 g/mol. The van der Waals surface area contributed by atoms with E-state index >= 15 is 0 Å². The van der Waals surface area contributed by atoms with Gasteiger partial charge >= 0.3 is 0 Å². The van der Waals surface area contributed by atoms with Crippen molar-refractivity contribution in [1.82, 2.24) is 26.6 Å². The molecule has 0 aromatic rings. The monoisotopic (exact) mass is 531 g/mol. The van der Waals surface area contributed by atoms with E-state index in [9.17, 15) is 0 Å². The highest BCUT2D eigenvalue weighted by Gasteiger charge is 1.88. The van der Waals surface area contributed by atoms with Crippen LogP contribution in [0.15, 0.2) is 36.5 Å². The Kier molecular flexibility index (Phi) is 63.9. The Bertz CT molecular complexity index is 346. The summed E-state index contributed by atoms with van der Waals surface area (Å²) < 4.78 is 0. The minimum Gasteiger partial charge on any atom is -0.314 e. The molecule has 10 heteroatoms. The summed E-state index contributed by atoms with van der Waals surface area (Å²) in [6, 6.07) is 0. The first-order valence-electron chi connectivity index (χ1n) is 9.90. The summed E-state index contributed by atoms with van der Waals surface area (Å²) in [4.78, 5) is 0. The Morgan fingerprint density at radius 1 is 0.400 bits per heavy atom. The molecule has 0 aliphatic heterocycles. The van der Waals surface area contributed by atoms with Crippen LogP contribution in [0.1, 0.15) is 26.7 Å². The Hall–Kier alpha value is 0.470. The summed E-state index contributed by atoms with van der Waals surface area (Å²) in [6.45, 7) is 14.2. The third-order valence-electron chi connectivity index (χ3n) is 3.53. The lowest BCUT2D eigenvalue weighted by atomic mass is 10.3. The van der Waals surface area contributed by atoms with Crippen molar-refractivity contribution in [2.45, 2.75) is 26.7 Å². The fourth-order valence-electron chi connectivity index (χ4n) is 2.08. The van der Waals surface area contributed by atoms with E-state index in [4.69, 9.17) is 0 Å². The number of hydrogen-bond donors (Lipinski definition) is 5. The molecule has 5 nitrogen and oxygen atoms in total. The van der Waals surface area contributed by atoms with E-state index in [1.165, 1.54) is 12.8 Å². The Labute approximate surface area is 216 Å². The number of unbranched alkanes of at least 4 members (excludes halogenated alkanes) is 1. The molecule has 0 aliphatic carbocycles. The molecule has 0 aromatic carbocycles. The zero-order valence-corrected chi connectivity index (χ0v) is 22.6. The van der Waals surface area contributed by atoms with Crippen LogP contribution in [0.4, 0.5) is 0 Å². The quantitative estimate of drug-likeness (QED) is 0.130. The molecule has 0 saturated carbocycles. The van der Waals surface area contributed by atoms with Gasteiger partial charge < -0.3 is 26.6 Å². The molecule has 0 atom stereocenters. The van der Waals surface area contributed by atoms with Gasteiger partial charge in [-0.1, -0.05) is 50.3 Å². The van der Waals surface area contributed by atoms with Crippen LogP contribution in [-0.4, -0.2) is 65.4 Å². The molecule has 0 rings (SSSR count). The lowest BCUT2D eigenvalue weighted by Gasteiger charge is -2.03. The molecule has 0 spiro atoms. The average Bonchev–Trinajstić information content (AvgIpc) is 2.63. The van der Waals surface area contributed by atoms with Crippen LogP contribution in [0.3, 0.4) is 0 Å². The molecular formula is C20H46Cl5N5. The highest BCUT2D eigenvalue weighted by atomic mass is 35.5. The van der Waals surface area contributed by atoms with E-state index in [1.807, 2.05) is 0 Å². The Morgan fingerprint density at radius 3 is 0.967 bits per heavy atom. The minimum atomic E-state index is 0. The summed E-state index contributed by atoms with van der Waals surface area (Å²) in [5.41, 5.74) is 0. The van der Waals surface area contributed by atoms with E-state index in [0.717, 1.165) is 65.4 Å². The molecule has 0 amide bonds. The summed E-state index contributed by atoms with van der Waals surface area (Å²) in [5, 5.41) is 16.8. The second-order valence-corrected chi connectivity index (χ2v) is 5.80. The topological polar surface area (TPSA) is 60.1 Å². The lowest BCUT2D eigenvalue weighted by Crippen LogP contribution is -2.20. The zero-order valence-electron chi connectivity index (χ0n) is 18.5. The van der Waals surface area contributed by atoms with Gasteiger partial charge in [0.1, 0.15) is 0 Å². The number of rotatable bonds is 19. The molecule has 30 heavy (non-hydrogen) atoms. The molecule has 0 fully saturated rings. The molecule has 0 aliphatic rings.